The average Bonchev–Trinajstić information content (AvgIpc) is 2.23. The van der Waals surface area contributed by atoms with Crippen LogP contribution in [0.4, 0.5) is 0 Å². The zero-order valence-corrected chi connectivity index (χ0v) is 15.1. The van der Waals surface area contributed by atoms with Gasteiger partial charge in [-0.15, -0.1) is 0 Å². The summed E-state index contributed by atoms with van der Waals surface area (Å²) in [7, 11) is 11.9. The van der Waals surface area contributed by atoms with Gasteiger partial charge in [0.05, 0.1) is 0 Å². The molecule has 0 N–H and O–H groups in total. The summed E-state index contributed by atoms with van der Waals surface area (Å²) in [6.45, 7) is 0. The summed E-state index contributed by atoms with van der Waals surface area (Å²) in [5.74, 6) is 0. The van der Waals surface area contributed by atoms with Crippen LogP contribution in [0.3, 0.4) is 0 Å². The van der Waals surface area contributed by atoms with Crippen molar-refractivity contribution in [3.8, 4) is 11.3 Å². The van der Waals surface area contributed by atoms with E-state index >= 15 is 0 Å². The van der Waals surface area contributed by atoms with Gasteiger partial charge in [0.1, 0.15) is 6.34 Å². The normalized spacial score (nSPS) is 13.3. The molecule has 0 bridgehead atoms. The van der Waals surface area contributed by atoms with E-state index in [0.29, 0.717) is 0 Å². The van der Waals surface area contributed by atoms with E-state index in [1.165, 1.54) is 0 Å². The van der Waals surface area contributed by atoms with Crippen LogP contribution in [0.1, 0.15) is 0 Å². The SMILES string of the molecule is CN(C)P(=O)(C#CP(=S)(N(C)C)N(C)C)N(C)C. The number of hydrogen-bond donors (Lipinski definition) is 0. The fourth-order valence-electron chi connectivity index (χ4n) is 1.25. The zero-order valence-electron chi connectivity index (χ0n) is 12.5. The summed E-state index contributed by atoms with van der Waals surface area (Å²) in [5.41, 5.74) is 6.00. The molecule has 0 amide bonds. The van der Waals surface area contributed by atoms with Crippen LogP contribution >= 0.6 is 13.8 Å². The van der Waals surface area contributed by atoms with Gasteiger partial charge in [0.25, 0.3) is 7.44 Å². The fourth-order valence-corrected chi connectivity index (χ4v) is 4.89. The summed E-state index contributed by atoms with van der Waals surface area (Å²) in [4.78, 5) is 0. The molecule has 0 aliphatic carbocycles. The Labute approximate surface area is 117 Å². The maximum atomic E-state index is 12.7. The Morgan fingerprint density at radius 2 is 1.06 bits per heavy atom. The van der Waals surface area contributed by atoms with Gasteiger partial charge in [-0.05, 0) is 73.8 Å². The molecule has 0 aromatic heterocycles. The van der Waals surface area contributed by atoms with E-state index in [1.54, 1.807) is 37.5 Å². The molecule has 0 atom stereocenters. The van der Waals surface area contributed by atoms with Crippen molar-refractivity contribution in [2.75, 3.05) is 56.4 Å². The van der Waals surface area contributed by atoms with Gasteiger partial charge in [0, 0.05) is 5.66 Å². The first-order valence-electron chi connectivity index (χ1n) is 5.44. The Morgan fingerprint density at radius 1 is 0.722 bits per heavy atom. The largest absolute Gasteiger partial charge is 0.287 e. The van der Waals surface area contributed by atoms with Gasteiger partial charge in [-0.2, -0.15) is 0 Å². The lowest BCUT2D eigenvalue weighted by Gasteiger charge is -2.30. The zero-order chi connectivity index (χ0) is 14.7. The van der Waals surface area contributed by atoms with E-state index in [0.717, 1.165) is 0 Å². The number of nitrogens with zero attached hydrogens (tertiary/aromatic N) is 4. The quantitative estimate of drug-likeness (QED) is 0.580. The highest BCUT2D eigenvalue weighted by atomic mass is 32.4. The number of hydrogen-bond acceptors (Lipinski definition) is 2. The minimum absolute atomic E-state index is 1.66. The first-order valence-corrected chi connectivity index (χ1v) is 9.76. The van der Waals surface area contributed by atoms with Gasteiger partial charge in [0.2, 0.25) is 0 Å². The highest BCUT2D eigenvalue weighted by Gasteiger charge is 2.27. The first-order chi connectivity index (χ1) is 7.98. The van der Waals surface area contributed by atoms with Gasteiger partial charge >= 0.3 is 0 Å². The molecule has 0 aliphatic rings. The van der Waals surface area contributed by atoms with Crippen molar-refractivity contribution >= 4 is 25.6 Å². The molecule has 0 aliphatic heterocycles. The summed E-state index contributed by atoms with van der Waals surface area (Å²) in [6.07, 6.45) is -2.13. The van der Waals surface area contributed by atoms with Crippen molar-refractivity contribution < 1.29 is 4.57 Å². The van der Waals surface area contributed by atoms with Crippen LogP contribution in [0.2, 0.25) is 0 Å². The molecule has 8 heteroatoms. The summed E-state index contributed by atoms with van der Waals surface area (Å²) in [5, 5.41) is 0. The molecule has 18 heavy (non-hydrogen) atoms. The van der Waals surface area contributed by atoms with Crippen molar-refractivity contribution in [1.82, 2.24) is 18.7 Å². The van der Waals surface area contributed by atoms with Crippen LogP contribution in [0.25, 0.3) is 0 Å². The Balaban J connectivity index is 5.64. The molecular weight excluding hydrogens is 286 g/mol. The monoisotopic (exact) mass is 310 g/mol. The molecule has 0 fully saturated rings. The predicted molar refractivity (Wildman–Crippen MR) is 84.4 cm³/mol. The predicted octanol–water partition coefficient (Wildman–Crippen LogP) is 1.65. The second-order valence-electron chi connectivity index (χ2n) is 4.70. The molecule has 0 saturated heterocycles. The minimum atomic E-state index is -2.83. The van der Waals surface area contributed by atoms with Crippen molar-refractivity contribution in [3.63, 3.8) is 0 Å². The molecule has 0 spiro atoms. The number of rotatable bonds is 4. The maximum absolute atomic E-state index is 12.7. The Hall–Kier alpha value is 0.280. The van der Waals surface area contributed by atoms with Gasteiger partial charge in [-0.1, -0.05) is 0 Å². The highest BCUT2D eigenvalue weighted by molar-refractivity contribution is 8.14. The molecule has 0 unspecified atom stereocenters. The fraction of sp³-hybridized carbons (Fsp3) is 0.800. The van der Waals surface area contributed by atoms with Crippen LogP contribution in [0.15, 0.2) is 0 Å². The van der Waals surface area contributed by atoms with E-state index < -0.39 is 13.8 Å². The van der Waals surface area contributed by atoms with E-state index in [1.807, 2.05) is 37.5 Å². The third kappa shape index (κ3) is 3.88. The maximum Gasteiger partial charge on any atom is 0.287 e. The molecule has 0 heterocycles. The molecule has 106 valence electrons. The molecule has 5 nitrogen and oxygen atoms in total. The molecule has 0 rings (SSSR count). The highest BCUT2D eigenvalue weighted by Crippen LogP contribution is 2.53. The molecule has 0 saturated carbocycles. The van der Waals surface area contributed by atoms with E-state index in [9.17, 15) is 4.57 Å². The van der Waals surface area contributed by atoms with Crippen LogP contribution in [-0.4, -0.2) is 75.1 Å². The minimum Gasteiger partial charge on any atom is -0.274 e. The standard InChI is InChI=1S/C10H24N4OP2S/c1-11(2)16(15,12(3)4)9-10-17(18,13(5)6)14(7)8/h1-8H3. The smallest absolute Gasteiger partial charge is 0.274 e. The lowest BCUT2D eigenvalue weighted by Crippen LogP contribution is -2.21. The lowest BCUT2D eigenvalue weighted by atomic mass is 11.2. The topological polar surface area (TPSA) is 30.0 Å². The first kappa shape index (κ1) is 18.3. The van der Waals surface area contributed by atoms with Crippen LogP contribution in [0.5, 0.6) is 0 Å². The Bertz CT molecular complexity index is 375. The third-order valence-corrected chi connectivity index (χ3v) is 10.1. The van der Waals surface area contributed by atoms with Crippen molar-refractivity contribution in [1.29, 1.82) is 0 Å². The van der Waals surface area contributed by atoms with Crippen molar-refractivity contribution in [2.45, 2.75) is 0 Å². The molecule has 0 radical (unpaired) electrons. The van der Waals surface area contributed by atoms with Crippen LogP contribution < -0.4 is 0 Å². The summed E-state index contributed by atoms with van der Waals surface area (Å²) >= 11 is 5.62. The lowest BCUT2D eigenvalue weighted by molar-refractivity contribution is 0.461. The molecule has 0 aromatic rings. The Morgan fingerprint density at radius 3 is 1.28 bits per heavy atom. The van der Waals surface area contributed by atoms with Crippen molar-refractivity contribution in [3.05, 3.63) is 0 Å². The Kier molecular flexibility index (Phi) is 6.73. The summed E-state index contributed by atoms with van der Waals surface area (Å²) < 4.78 is 19.9. The van der Waals surface area contributed by atoms with E-state index in [-0.39, 0.29) is 0 Å². The van der Waals surface area contributed by atoms with Gasteiger partial charge < -0.3 is 0 Å². The van der Waals surface area contributed by atoms with Gasteiger partial charge in [-0.3, -0.25) is 13.9 Å². The second-order valence-corrected chi connectivity index (χ2v) is 12.1. The summed E-state index contributed by atoms with van der Waals surface area (Å²) in [6, 6.07) is 0. The van der Waals surface area contributed by atoms with Crippen molar-refractivity contribution in [2.24, 2.45) is 0 Å². The van der Waals surface area contributed by atoms with Crippen LogP contribution in [-0.2, 0) is 16.4 Å². The third-order valence-electron chi connectivity index (χ3n) is 2.51. The second kappa shape index (κ2) is 6.63. The molecular formula is C10H24N4OP2S. The van der Waals surface area contributed by atoms with E-state index in [4.69, 9.17) is 11.8 Å². The van der Waals surface area contributed by atoms with Gasteiger partial charge in [-0.25, -0.2) is 9.34 Å². The van der Waals surface area contributed by atoms with E-state index in [2.05, 4.69) is 11.3 Å². The van der Waals surface area contributed by atoms with Crippen LogP contribution in [0, 0.1) is 11.3 Å². The molecule has 0 aromatic carbocycles. The van der Waals surface area contributed by atoms with Gasteiger partial charge in [0.15, 0.2) is 0 Å². The average molecular weight is 310 g/mol.